The second kappa shape index (κ2) is 6.78. The van der Waals surface area contributed by atoms with Crippen LogP contribution < -0.4 is 9.47 Å². The fraction of sp³-hybridized carbons (Fsp3) is 0.125. The number of methoxy groups -OCH3 is 1. The van der Waals surface area contributed by atoms with E-state index >= 15 is 0 Å². The van der Waals surface area contributed by atoms with Gasteiger partial charge in [-0.25, -0.2) is 0 Å². The smallest absolute Gasteiger partial charge is 0.200 e. The predicted octanol–water partition coefficient (Wildman–Crippen LogP) is 3.48. The van der Waals surface area contributed by atoms with Crippen molar-refractivity contribution in [3.63, 3.8) is 0 Å². The molecule has 0 spiro atoms. The van der Waals surface area contributed by atoms with E-state index in [9.17, 15) is 4.79 Å². The van der Waals surface area contributed by atoms with Gasteiger partial charge in [0.2, 0.25) is 0 Å². The van der Waals surface area contributed by atoms with Crippen molar-refractivity contribution in [2.24, 2.45) is 0 Å². The zero-order valence-corrected chi connectivity index (χ0v) is 12.1. The van der Waals surface area contributed by atoms with Crippen molar-refractivity contribution in [2.75, 3.05) is 13.7 Å². The summed E-state index contributed by atoms with van der Waals surface area (Å²) in [5, 5.41) is 9.49. The van der Waals surface area contributed by atoms with Crippen molar-refractivity contribution in [3.05, 3.63) is 58.6 Å². The van der Waals surface area contributed by atoms with E-state index in [2.05, 4.69) is 0 Å². The van der Waals surface area contributed by atoms with E-state index in [1.807, 2.05) is 6.07 Å². The van der Waals surface area contributed by atoms with Gasteiger partial charge in [-0.1, -0.05) is 11.6 Å². The second-order valence-electron chi connectivity index (χ2n) is 4.23. The van der Waals surface area contributed by atoms with Crippen LogP contribution in [0.2, 0.25) is 5.02 Å². The maximum atomic E-state index is 12.0. The maximum Gasteiger partial charge on any atom is 0.200 e. The molecular weight excluding hydrogens is 290 g/mol. The summed E-state index contributed by atoms with van der Waals surface area (Å²) in [6.07, 6.45) is 0. The van der Waals surface area contributed by atoms with Crippen molar-refractivity contribution in [1.29, 1.82) is 5.26 Å². The van der Waals surface area contributed by atoms with E-state index in [0.717, 1.165) is 0 Å². The van der Waals surface area contributed by atoms with Crippen molar-refractivity contribution in [2.45, 2.75) is 0 Å². The molecule has 0 atom stereocenters. The average Bonchev–Trinajstić information content (AvgIpc) is 2.52. The van der Waals surface area contributed by atoms with Gasteiger partial charge in [0.1, 0.15) is 11.5 Å². The van der Waals surface area contributed by atoms with Gasteiger partial charge in [-0.05, 0) is 36.4 Å². The third kappa shape index (κ3) is 3.98. The Hall–Kier alpha value is -2.51. The SMILES string of the molecule is COc1cc(C#N)cc(OCC(=O)c2ccc(Cl)cc2)c1. The first-order valence-corrected chi connectivity index (χ1v) is 6.51. The number of Topliss-reactive ketones (excluding diaryl/α,β-unsaturated/α-hetero) is 1. The number of nitriles is 1. The molecule has 0 aromatic heterocycles. The van der Waals surface area contributed by atoms with Crippen molar-refractivity contribution in [3.8, 4) is 17.6 Å². The van der Waals surface area contributed by atoms with Gasteiger partial charge in [0.05, 0.1) is 18.7 Å². The van der Waals surface area contributed by atoms with Crippen LogP contribution in [-0.2, 0) is 0 Å². The first-order chi connectivity index (χ1) is 10.1. The first kappa shape index (κ1) is 14.9. The van der Waals surface area contributed by atoms with E-state index in [-0.39, 0.29) is 12.4 Å². The van der Waals surface area contributed by atoms with Gasteiger partial charge >= 0.3 is 0 Å². The van der Waals surface area contributed by atoms with Gasteiger partial charge in [0.15, 0.2) is 12.4 Å². The number of ether oxygens (including phenoxy) is 2. The molecular formula is C16H12ClNO3. The lowest BCUT2D eigenvalue weighted by Crippen LogP contribution is -2.11. The largest absolute Gasteiger partial charge is 0.497 e. The van der Waals surface area contributed by atoms with Crippen LogP contribution in [0.3, 0.4) is 0 Å². The zero-order chi connectivity index (χ0) is 15.2. The zero-order valence-electron chi connectivity index (χ0n) is 11.3. The number of carbonyl (C=O) groups is 1. The normalized spacial score (nSPS) is 9.76. The maximum absolute atomic E-state index is 12.0. The topological polar surface area (TPSA) is 59.3 Å². The molecule has 0 unspecified atom stereocenters. The summed E-state index contributed by atoms with van der Waals surface area (Å²) in [7, 11) is 1.50. The Morgan fingerprint density at radius 3 is 2.48 bits per heavy atom. The number of carbonyl (C=O) groups excluding carboxylic acids is 1. The summed E-state index contributed by atoms with van der Waals surface area (Å²) in [6, 6.07) is 13.3. The van der Waals surface area contributed by atoms with E-state index in [0.29, 0.717) is 27.6 Å². The Labute approximate surface area is 127 Å². The van der Waals surface area contributed by atoms with Crippen LogP contribution in [0.4, 0.5) is 0 Å². The monoisotopic (exact) mass is 301 g/mol. The number of benzene rings is 2. The van der Waals surface area contributed by atoms with Crippen LogP contribution in [0.15, 0.2) is 42.5 Å². The van der Waals surface area contributed by atoms with Crippen LogP contribution in [-0.4, -0.2) is 19.5 Å². The molecule has 0 bridgehead atoms. The first-order valence-electron chi connectivity index (χ1n) is 6.13. The Balaban J connectivity index is 2.07. The molecule has 0 fully saturated rings. The van der Waals surface area contributed by atoms with E-state index in [4.69, 9.17) is 26.3 Å². The summed E-state index contributed by atoms with van der Waals surface area (Å²) < 4.78 is 10.5. The Morgan fingerprint density at radius 1 is 1.19 bits per heavy atom. The number of rotatable bonds is 5. The standard InChI is InChI=1S/C16H12ClNO3/c1-20-14-6-11(9-18)7-15(8-14)21-10-16(19)12-2-4-13(17)5-3-12/h2-8H,10H2,1H3. The highest BCUT2D eigenvalue weighted by Crippen LogP contribution is 2.22. The molecule has 21 heavy (non-hydrogen) atoms. The number of hydrogen-bond acceptors (Lipinski definition) is 4. The summed E-state index contributed by atoms with van der Waals surface area (Å²) in [5.41, 5.74) is 0.922. The highest BCUT2D eigenvalue weighted by Gasteiger charge is 2.08. The molecule has 0 N–H and O–H groups in total. The molecule has 106 valence electrons. The van der Waals surface area contributed by atoms with E-state index < -0.39 is 0 Å². The van der Waals surface area contributed by atoms with Crippen LogP contribution in [0.5, 0.6) is 11.5 Å². The minimum atomic E-state index is -0.173. The van der Waals surface area contributed by atoms with Crippen LogP contribution in [0, 0.1) is 11.3 Å². The third-order valence-corrected chi connectivity index (χ3v) is 3.03. The van der Waals surface area contributed by atoms with Crippen LogP contribution in [0.25, 0.3) is 0 Å². The van der Waals surface area contributed by atoms with E-state index in [1.165, 1.54) is 7.11 Å². The average molecular weight is 302 g/mol. The Kier molecular flexibility index (Phi) is 4.81. The molecule has 4 nitrogen and oxygen atoms in total. The molecule has 0 heterocycles. The molecule has 2 aromatic rings. The second-order valence-corrected chi connectivity index (χ2v) is 4.66. The van der Waals surface area contributed by atoms with Crippen LogP contribution in [0.1, 0.15) is 15.9 Å². The summed E-state index contributed by atoms with van der Waals surface area (Å²) in [5.74, 6) is 0.740. The highest BCUT2D eigenvalue weighted by atomic mass is 35.5. The number of halogens is 1. The van der Waals surface area contributed by atoms with Gasteiger partial charge in [-0.15, -0.1) is 0 Å². The quantitative estimate of drug-likeness (QED) is 0.793. The molecule has 0 saturated carbocycles. The molecule has 2 rings (SSSR count). The predicted molar refractivity (Wildman–Crippen MR) is 79.0 cm³/mol. The molecule has 0 amide bonds. The molecule has 0 saturated heterocycles. The summed E-state index contributed by atoms with van der Waals surface area (Å²) in [4.78, 5) is 12.0. The van der Waals surface area contributed by atoms with E-state index in [1.54, 1.807) is 42.5 Å². The summed E-state index contributed by atoms with van der Waals surface area (Å²) >= 11 is 5.77. The number of ketones is 1. The molecule has 5 heteroatoms. The fourth-order valence-electron chi connectivity index (χ4n) is 1.71. The van der Waals surface area contributed by atoms with Gasteiger partial charge in [-0.3, -0.25) is 4.79 Å². The lowest BCUT2D eigenvalue weighted by atomic mass is 10.1. The molecule has 2 aromatic carbocycles. The van der Waals surface area contributed by atoms with Gasteiger partial charge in [-0.2, -0.15) is 5.26 Å². The minimum Gasteiger partial charge on any atom is -0.497 e. The number of hydrogen-bond donors (Lipinski definition) is 0. The minimum absolute atomic E-state index is 0.125. The van der Waals surface area contributed by atoms with Gasteiger partial charge in [0.25, 0.3) is 0 Å². The Morgan fingerprint density at radius 2 is 1.86 bits per heavy atom. The van der Waals surface area contributed by atoms with Gasteiger partial charge < -0.3 is 9.47 Å². The molecule has 0 radical (unpaired) electrons. The highest BCUT2D eigenvalue weighted by molar-refractivity contribution is 6.30. The molecule has 0 aliphatic carbocycles. The van der Waals surface area contributed by atoms with Crippen molar-refractivity contribution in [1.82, 2.24) is 0 Å². The fourth-order valence-corrected chi connectivity index (χ4v) is 1.83. The van der Waals surface area contributed by atoms with Gasteiger partial charge in [0, 0.05) is 16.7 Å². The lowest BCUT2D eigenvalue weighted by Gasteiger charge is -2.08. The third-order valence-electron chi connectivity index (χ3n) is 2.78. The number of nitrogens with zero attached hydrogens (tertiary/aromatic N) is 1. The Bertz CT molecular complexity index is 690. The van der Waals surface area contributed by atoms with Crippen molar-refractivity contribution >= 4 is 17.4 Å². The molecule has 0 aliphatic heterocycles. The summed E-state index contributed by atoms with van der Waals surface area (Å²) in [6.45, 7) is -0.125. The van der Waals surface area contributed by atoms with Crippen LogP contribution >= 0.6 is 11.6 Å². The molecule has 0 aliphatic rings. The van der Waals surface area contributed by atoms with Crippen molar-refractivity contribution < 1.29 is 14.3 Å². The lowest BCUT2D eigenvalue weighted by molar-refractivity contribution is 0.0921.